The maximum Gasteiger partial charge on any atom is 0.202 e. The highest BCUT2D eigenvalue weighted by Gasteiger charge is 2.37. The molecule has 0 radical (unpaired) electrons. The van der Waals surface area contributed by atoms with Crippen LogP contribution < -0.4 is 5.32 Å². The first-order valence-corrected chi connectivity index (χ1v) is 7.84. The summed E-state index contributed by atoms with van der Waals surface area (Å²) in [4.78, 5) is 4.53. The maximum atomic E-state index is 5.79. The average molecular weight is 283 g/mol. The van der Waals surface area contributed by atoms with E-state index < -0.39 is 0 Å². The number of fused-ring (bicyclic) bond motifs is 1. The van der Waals surface area contributed by atoms with Crippen molar-refractivity contribution in [2.45, 2.75) is 44.2 Å². The third-order valence-corrected chi connectivity index (χ3v) is 4.77. The van der Waals surface area contributed by atoms with Crippen molar-refractivity contribution in [3.63, 3.8) is 0 Å². The van der Waals surface area contributed by atoms with E-state index >= 15 is 0 Å². The summed E-state index contributed by atoms with van der Waals surface area (Å²) in [6.45, 7) is 1.60. The van der Waals surface area contributed by atoms with E-state index in [0.717, 1.165) is 24.0 Å². The smallest absolute Gasteiger partial charge is 0.202 e. The van der Waals surface area contributed by atoms with Crippen molar-refractivity contribution < 1.29 is 9.47 Å². The minimum Gasteiger partial charge on any atom is -0.384 e. The van der Waals surface area contributed by atoms with Gasteiger partial charge in [0.1, 0.15) is 5.82 Å². The summed E-state index contributed by atoms with van der Waals surface area (Å²) in [6.07, 6.45) is 6.11. The molecule has 1 N–H and O–H groups in total. The highest BCUT2D eigenvalue weighted by atomic mass is 32.1. The van der Waals surface area contributed by atoms with Gasteiger partial charge in [0.25, 0.3) is 0 Å². The minimum atomic E-state index is 0.465. The van der Waals surface area contributed by atoms with E-state index in [1.807, 2.05) is 0 Å². The zero-order valence-corrected chi connectivity index (χ0v) is 12.1. The Morgan fingerprint density at radius 3 is 3.26 bits per heavy atom. The topological polar surface area (TPSA) is 56.3 Å². The number of rotatable bonds is 5. The van der Waals surface area contributed by atoms with Crippen LogP contribution >= 0.6 is 11.5 Å². The minimum absolute atomic E-state index is 0.465. The van der Waals surface area contributed by atoms with Crippen molar-refractivity contribution in [2.24, 2.45) is 5.92 Å². The molecule has 1 aromatic rings. The predicted molar refractivity (Wildman–Crippen MR) is 74.6 cm³/mol. The zero-order valence-electron chi connectivity index (χ0n) is 11.3. The van der Waals surface area contributed by atoms with Crippen molar-refractivity contribution in [2.75, 3.05) is 25.6 Å². The molecule has 5 nitrogen and oxygen atoms in total. The number of anilines is 1. The lowest BCUT2D eigenvalue weighted by atomic mass is 9.82. The van der Waals surface area contributed by atoms with Crippen molar-refractivity contribution in [3.05, 3.63) is 5.82 Å². The van der Waals surface area contributed by atoms with Crippen LogP contribution in [0.1, 0.15) is 31.5 Å². The van der Waals surface area contributed by atoms with Gasteiger partial charge in [-0.3, -0.25) is 0 Å². The highest BCUT2D eigenvalue weighted by molar-refractivity contribution is 7.09. The molecule has 2 fully saturated rings. The van der Waals surface area contributed by atoms with Crippen LogP contribution in [0, 0.1) is 5.92 Å². The molecule has 0 spiro atoms. The van der Waals surface area contributed by atoms with Crippen LogP contribution in [0.5, 0.6) is 0 Å². The number of hydrogen-bond donors (Lipinski definition) is 1. The molecule has 2 aliphatic rings. The van der Waals surface area contributed by atoms with Crippen LogP contribution in [0.4, 0.5) is 5.13 Å². The van der Waals surface area contributed by atoms with E-state index in [2.05, 4.69) is 14.7 Å². The van der Waals surface area contributed by atoms with E-state index in [1.54, 1.807) is 7.11 Å². The van der Waals surface area contributed by atoms with Crippen LogP contribution in [-0.2, 0) is 15.9 Å². The van der Waals surface area contributed by atoms with Crippen molar-refractivity contribution in [1.29, 1.82) is 0 Å². The third kappa shape index (κ3) is 3.07. The van der Waals surface area contributed by atoms with Gasteiger partial charge in [-0.05, 0) is 25.7 Å². The Morgan fingerprint density at radius 1 is 1.42 bits per heavy atom. The first kappa shape index (κ1) is 13.3. The molecule has 1 aromatic heterocycles. The molecule has 3 rings (SSSR count). The normalized spacial score (nSPS) is 30.3. The Bertz CT molecular complexity index is 412. The van der Waals surface area contributed by atoms with Crippen LogP contribution in [0.3, 0.4) is 0 Å². The Balaban J connectivity index is 1.59. The Labute approximate surface area is 117 Å². The Morgan fingerprint density at radius 2 is 2.37 bits per heavy atom. The van der Waals surface area contributed by atoms with Gasteiger partial charge in [-0.25, -0.2) is 4.98 Å². The quantitative estimate of drug-likeness (QED) is 0.897. The van der Waals surface area contributed by atoms with Crippen LogP contribution in [0.2, 0.25) is 0 Å². The average Bonchev–Trinajstić information content (AvgIpc) is 3.05. The van der Waals surface area contributed by atoms with Crippen molar-refractivity contribution >= 4 is 16.7 Å². The number of hydrogen-bond acceptors (Lipinski definition) is 6. The molecule has 2 heterocycles. The fourth-order valence-electron chi connectivity index (χ4n) is 3.12. The lowest BCUT2D eigenvalue weighted by Crippen LogP contribution is -2.38. The van der Waals surface area contributed by atoms with Gasteiger partial charge < -0.3 is 14.8 Å². The van der Waals surface area contributed by atoms with E-state index in [-0.39, 0.29) is 0 Å². The second-order valence-electron chi connectivity index (χ2n) is 5.30. The molecule has 1 aliphatic heterocycles. The molecule has 0 bridgehead atoms. The van der Waals surface area contributed by atoms with Gasteiger partial charge in [0, 0.05) is 43.6 Å². The highest BCUT2D eigenvalue weighted by Crippen LogP contribution is 2.36. The van der Waals surface area contributed by atoms with E-state index in [1.165, 1.54) is 37.2 Å². The van der Waals surface area contributed by atoms with Crippen LogP contribution in [-0.4, -0.2) is 41.8 Å². The van der Waals surface area contributed by atoms with Crippen molar-refractivity contribution in [3.8, 4) is 0 Å². The van der Waals surface area contributed by atoms with Gasteiger partial charge in [-0.2, -0.15) is 4.37 Å². The summed E-state index contributed by atoms with van der Waals surface area (Å²) >= 11 is 1.46. The van der Waals surface area contributed by atoms with Gasteiger partial charge in [0.2, 0.25) is 5.13 Å². The fraction of sp³-hybridized carbons (Fsp3) is 0.846. The number of aromatic nitrogens is 2. The van der Waals surface area contributed by atoms with Crippen molar-refractivity contribution in [1.82, 2.24) is 9.36 Å². The molecule has 106 valence electrons. The standard InChI is InChI=1S/C13H21N3O2S/c1-17-7-6-12-15-13(19-16-12)14-10-3-2-4-11-9(10)5-8-18-11/h9-11H,2-8H2,1H3,(H,14,15,16). The Kier molecular flexibility index (Phi) is 4.30. The molecule has 3 unspecified atom stereocenters. The van der Waals surface area contributed by atoms with Crippen LogP contribution in [0.25, 0.3) is 0 Å². The summed E-state index contributed by atoms with van der Waals surface area (Å²) in [6, 6.07) is 0.504. The largest absolute Gasteiger partial charge is 0.384 e. The summed E-state index contributed by atoms with van der Waals surface area (Å²) in [5.74, 6) is 1.53. The second-order valence-corrected chi connectivity index (χ2v) is 6.05. The predicted octanol–water partition coefficient (Wildman–Crippen LogP) is 2.10. The molecule has 0 amide bonds. The molecule has 1 saturated heterocycles. The molecule has 1 aliphatic carbocycles. The number of ether oxygens (including phenoxy) is 2. The molecule has 19 heavy (non-hydrogen) atoms. The first-order chi connectivity index (χ1) is 9.36. The molecular formula is C13H21N3O2S. The lowest BCUT2D eigenvalue weighted by molar-refractivity contribution is 0.0620. The maximum absolute atomic E-state index is 5.79. The number of nitrogens with zero attached hydrogens (tertiary/aromatic N) is 2. The summed E-state index contributed by atoms with van der Waals surface area (Å²) in [5, 5.41) is 4.52. The summed E-state index contributed by atoms with van der Waals surface area (Å²) < 4.78 is 15.2. The van der Waals surface area contributed by atoms with E-state index in [9.17, 15) is 0 Å². The van der Waals surface area contributed by atoms with E-state index in [0.29, 0.717) is 24.7 Å². The number of nitrogens with one attached hydrogen (secondary N) is 1. The third-order valence-electron chi connectivity index (χ3n) is 4.09. The molecular weight excluding hydrogens is 262 g/mol. The van der Waals surface area contributed by atoms with Gasteiger partial charge in [-0.15, -0.1) is 0 Å². The molecule has 1 saturated carbocycles. The molecule has 3 atom stereocenters. The number of methoxy groups -OCH3 is 1. The molecule has 0 aromatic carbocycles. The van der Waals surface area contributed by atoms with Crippen LogP contribution in [0.15, 0.2) is 0 Å². The van der Waals surface area contributed by atoms with Gasteiger partial charge >= 0.3 is 0 Å². The lowest BCUT2D eigenvalue weighted by Gasteiger charge is -2.32. The fourth-order valence-corrected chi connectivity index (χ4v) is 3.80. The summed E-state index contributed by atoms with van der Waals surface area (Å²) in [7, 11) is 1.70. The SMILES string of the molecule is COCCc1nsc(NC2CCCC3OCCC23)n1. The second kappa shape index (κ2) is 6.15. The van der Waals surface area contributed by atoms with Gasteiger partial charge in [-0.1, -0.05) is 0 Å². The van der Waals surface area contributed by atoms with E-state index in [4.69, 9.17) is 9.47 Å². The Hall–Kier alpha value is -0.720. The summed E-state index contributed by atoms with van der Waals surface area (Å²) in [5.41, 5.74) is 0. The van der Waals surface area contributed by atoms with Gasteiger partial charge in [0.05, 0.1) is 12.7 Å². The van der Waals surface area contributed by atoms with Gasteiger partial charge in [0.15, 0.2) is 0 Å². The first-order valence-electron chi connectivity index (χ1n) is 7.06. The zero-order chi connectivity index (χ0) is 13.1. The monoisotopic (exact) mass is 283 g/mol. The molecule has 6 heteroatoms.